The van der Waals surface area contributed by atoms with Crippen molar-refractivity contribution in [1.82, 2.24) is 0 Å². The minimum Gasteiger partial charge on any atom is -0.507 e. The number of aromatic hydroxyl groups is 1. The van der Waals surface area contributed by atoms with E-state index in [1.54, 1.807) is 19.1 Å². The van der Waals surface area contributed by atoms with Gasteiger partial charge in [-0.3, -0.25) is 9.59 Å². The average Bonchev–Trinajstić information content (AvgIpc) is 3.40. The summed E-state index contributed by atoms with van der Waals surface area (Å²) in [6.45, 7) is 5.45. The van der Waals surface area contributed by atoms with Crippen LogP contribution in [0.1, 0.15) is 128 Å². The lowest BCUT2D eigenvalue weighted by Crippen LogP contribution is -2.54. The molecule has 3 aromatic carbocycles. The smallest absolute Gasteiger partial charge is 0.334 e. The van der Waals surface area contributed by atoms with E-state index in [1.165, 1.54) is 0 Å². The number of carbonyl (C=O) groups excluding carboxylic acids is 3. The molecule has 5 aliphatic rings. The molecule has 328 valence electrons. The fourth-order valence-corrected chi connectivity index (χ4v) is 10.8. The Morgan fingerprint density at radius 3 is 2.48 bits per heavy atom. The lowest BCUT2D eigenvalue weighted by molar-refractivity contribution is -0.176. The van der Waals surface area contributed by atoms with Crippen LogP contribution < -0.4 is 10.1 Å². The molecule has 9 bridgehead atoms. The Balaban J connectivity index is 1.39. The topological polar surface area (TPSA) is 183 Å². The fraction of sp³-hybridized carbons (Fsp3) is 0.510. The average molecular weight is 846 g/mol. The third-order valence-corrected chi connectivity index (χ3v) is 14.0. The van der Waals surface area contributed by atoms with Gasteiger partial charge in [-0.05, 0) is 121 Å². The number of hydrogen-bond acceptors (Lipinski definition) is 11. The maximum absolute atomic E-state index is 15.4. The first-order valence-corrected chi connectivity index (χ1v) is 22.5. The second kappa shape index (κ2) is 18.0. The Morgan fingerprint density at radius 2 is 1.73 bits per heavy atom. The van der Waals surface area contributed by atoms with Crippen molar-refractivity contribution in [2.24, 2.45) is 11.8 Å². The molecule has 1 fully saturated rings. The van der Waals surface area contributed by atoms with E-state index in [2.05, 4.69) is 35.4 Å². The molecule has 8 atom stereocenters. The van der Waals surface area contributed by atoms with Crippen LogP contribution >= 0.6 is 0 Å². The number of aliphatic hydroxyl groups is 4. The zero-order chi connectivity index (χ0) is 43.9. The number of benzene rings is 3. The van der Waals surface area contributed by atoms with Crippen LogP contribution in [0, 0.1) is 23.7 Å². The Labute approximate surface area is 363 Å². The summed E-state index contributed by atoms with van der Waals surface area (Å²) in [5.74, 6) is 3.79. The highest BCUT2D eigenvalue weighted by Crippen LogP contribution is 2.47. The maximum atomic E-state index is 15.4. The molecule has 3 aliphatic heterocycles. The van der Waals surface area contributed by atoms with Crippen LogP contribution in [-0.2, 0) is 57.8 Å². The number of phenolic OH excluding ortho intramolecular Hbond substituents is 1. The van der Waals surface area contributed by atoms with Crippen LogP contribution in [0.25, 0.3) is 0 Å². The van der Waals surface area contributed by atoms with Crippen LogP contribution in [0.15, 0.2) is 53.6 Å². The maximum Gasteiger partial charge on any atom is 0.334 e. The molecule has 6 N–H and O–H groups in total. The molecule has 8 rings (SSSR count). The van der Waals surface area contributed by atoms with Crippen molar-refractivity contribution in [3.05, 3.63) is 98.1 Å². The van der Waals surface area contributed by atoms with Gasteiger partial charge in [0.05, 0.1) is 31.2 Å². The quantitative estimate of drug-likeness (QED) is 0.0864. The molecular weight excluding hydrogens is 787 g/mol. The van der Waals surface area contributed by atoms with Gasteiger partial charge in [-0.15, -0.1) is 0 Å². The molecule has 2 aliphatic carbocycles. The van der Waals surface area contributed by atoms with Crippen molar-refractivity contribution in [3.63, 3.8) is 0 Å². The number of aliphatic hydroxyl groups excluding tert-OH is 3. The van der Waals surface area contributed by atoms with Crippen molar-refractivity contribution in [1.29, 1.82) is 0 Å². The summed E-state index contributed by atoms with van der Waals surface area (Å²) in [7, 11) is 0. The van der Waals surface area contributed by atoms with Crippen LogP contribution in [0.2, 0.25) is 0 Å². The van der Waals surface area contributed by atoms with E-state index < -0.39 is 53.6 Å². The minimum atomic E-state index is -1.62. The molecule has 3 aromatic rings. The second-order valence-electron chi connectivity index (χ2n) is 18.3. The highest BCUT2D eigenvalue weighted by Gasteiger charge is 2.49. The summed E-state index contributed by atoms with van der Waals surface area (Å²) in [5, 5.41) is 61.3. The highest BCUT2D eigenvalue weighted by molar-refractivity contribution is 5.90. The van der Waals surface area contributed by atoms with E-state index >= 15 is 4.79 Å². The summed E-state index contributed by atoms with van der Waals surface area (Å²) in [6.07, 6.45) is 0.824. The molecule has 0 saturated heterocycles. The molecule has 3 heterocycles. The molecule has 11 nitrogen and oxygen atoms in total. The molecule has 11 heteroatoms. The first-order chi connectivity index (χ1) is 29.8. The number of rotatable bonds is 8. The number of anilines is 1. The number of carbonyl (C=O) groups is 3. The van der Waals surface area contributed by atoms with Gasteiger partial charge in [0.15, 0.2) is 0 Å². The van der Waals surface area contributed by atoms with E-state index in [9.17, 15) is 35.1 Å². The Kier molecular flexibility index (Phi) is 12.7. The lowest BCUT2D eigenvalue weighted by Gasteiger charge is -2.45. The van der Waals surface area contributed by atoms with E-state index in [0.717, 1.165) is 16.7 Å². The predicted molar refractivity (Wildman–Crippen MR) is 233 cm³/mol. The molecule has 0 amide bonds. The Bertz CT molecular complexity index is 2350. The lowest BCUT2D eigenvalue weighted by atomic mass is 9.66. The van der Waals surface area contributed by atoms with Crippen molar-refractivity contribution >= 4 is 23.4 Å². The summed E-state index contributed by atoms with van der Waals surface area (Å²) >= 11 is 0. The van der Waals surface area contributed by atoms with Crippen molar-refractivity contribution in [3.8, 4) is 23.3 Å². The number of esters is 2. The van der Waals surface area contributed by atoms with Gasteiger partial charge in [-0.25, -0.2) is 4.79 Å². The summed E-state index contributed by atoms with van der Waals surface area (Å²) in [5.41, 5.74) is 5.48. The monoisotopic (exact) mass is 845 g/mol. The van der Waals surface area contributed by atoms with Crippen LogP contribution in [-0.4, -0.2) is 73.7 Å². The van der Waals surface area contributed by atoms with Gasteiger partial charge >= 0.3 is 11.9 Å². The van der Waals surface area contributed by atoms with Gasteiger partial charge in [0.2, 0.25) is 0 Å². The third kappa shape index (κ3) is 8.67. The van der Waals surface area contributed by atoms with Gasteiger partial charge in [0.25, 0.3) is 0 Å². The standard InChI is InChI=1S/C51H59NO10/c1-4-14-51(60)38-11-13-44(55)36(19-38)16-29-6-7-31-10-12-41(45(56)23-35(31)15-29)43-21-32(34-17-30(27-53)18-39(20-34)52-26-28(3)54)8-9-33-25-47(57)62-49-40(5-2)48(58)37(22-42(33)49)24-46(51)61-50(43)59/h6-7,15,17-18,20,22,28,32-33,36,38,45-46,52-54,56,58,60H,4-5,10-14,16,19,21,23-27H2,1-3H3/b43-41+/t28-,32-,33-,36-,38-,45+,46+,51-/m0/s1. The largest absolute Gasteiger partial charge is 0.507 e. The van der Waals surface area contributed by atoms with Crippen molar-refractivity contribution in [2.75, 3.05) is 11.9 Å². The SMILES string of the molecule is CCC[C@]1(O)[C@H]2CCC(=O)[C@@H](Cc3ccc4c(c3)C[C@@H](O)/C(=C3\C[C@@H](c5cc(CO)cc(NC[C@H](C)O)c5)C#C[C@H]5CC(=O)Oc6c5cc(c(O)c6CC)C[C@H]1OC3=O)CC4)C2. The van der Waals surface area contributed by atoms with E-state index in [-0.39, 0.29) is 80.4 Å². The number of ether oxygens (including phenoxy) is 2. The molecule has 62 heavy (non-hydrogen) atoms. The Morgan fingerprint density at radius 1 is 0.919 bits per heavy atom. The first kappa shape index (κ1) is 43.7. The molecule has 0 aromatic heterocycles. The van der Waals surface area contributed by atoms with Crippen LogP contribution in [0.3, 0.4) is 0 Å². The number of nitrogens with one attached hydrogen (secondary N) is 1. The Hall–Kier alpha value is -4.99. The second-order valence-corrected chi connectivity index (χ2v) is 18.3. The summed E-state index contributed by atoms with van der Waals surface area (Å²) < 4.78 is 12.6. The fourth-order valence-electron chi connectivity index (χ4n) is 10.8. The number of phenols is 1. The van der Waals surface area contributed by atoms with Gasteiger partial charge in [0.1, 0.15) is 29.0 Å². The predicted octanol–water partition coefficient (Wildman–Crippen LogP) is 6.20. The number of Topliss-reactive ketones (excluding diaryl/α,β-unsaturated/α-hetero) is 1. The number of hydrogen-bond donors (Lipinski definition) is 6. The normalized spacial score (nSPS) is 28.8. The molecular formula is C51H59NO10. The number of fused-ring (bicyclic) bond motifs is 9. The van der Waals surface area contributed by atoms with E-state index in [0.29, 0.717) is 84.0 Å². The van der Waals surface area contributed by atoms with E-state index in [4.69, 9.17) is 9.47 Å². The van der Waals surface area contributed by atoms with E-state index in [1.807, 2.05) is 26.0 Å². The summed E-state index contributed by atoms with van der Waals surface area (Å²) in [4.78, 5) is 42.4. The zero-order valence-electron chi connectivity index (χ0n) is 36.0. The first-order valence-electron chi connectivity index (χ1n) is 22.5. The van der Waals surface area contributed by atoms with Gasteiger partial charge in [-0.2, -0.15) is 0 Å². The molecule has 1 saturated carbocycles. The highest BCUT2D eigenvalue weighted by atomic mass is 16.6. The van der Waals surface area contributed by atoms with Crippen LogP contribution in [0.5, 0.6) is 11.5 Å². The molecule has 0 radical (unpaired) electrons. The minimum absolute atomic E-state index is 0.00343. The van der Waals surface area contributed by atoms with Crippen molar-refractivity contribution in [2.45, 2.75) is 147 Å². The summed E-state index contributed by atoms with van der Waals surface area (Å²) in [6, 6.07) is 13.5. The van der Waals surface area contributed by atoms with Gasteiger partial charge < -0.3 is 40.3 Å². The van der Waals surface area contributed by atoms with Gasteiger partial charge in [-0.1, -0.05) is 56.4 Å². The third-order valence-electron chi connectivity index (χ3n) is 14.0. The zero-order valence-corrected chi connectivity index (χ0v) is 36.0. The molecule has 0 spiro atoms. The van der Waals surface area contributed by atoms with Gasteiger partial charge in [0, 0.05) is 60.0 Å². The molecule has 0 unspecified atom stereocenters. The van der Waals surface area contributed by atoms with Crippen molar-refractivity contribution < 1.29 is 49.4 Å². The van der Waals surface area contributed by atoms with Crippen LogP contribution in [0.4, 0.5) is 5.69 Å². The number of aryl methyl sites for hydroxylation is 1. The number of ketones is 1.